The normalized spacial score (nSPS) is 19.6. The summed E-state index contributed by atoms with van der Waals surface area (Å²) < 4.78 is 0. The number of para-hydroxylation sites is 2. The fraction of sp³-hybridized carbons (Fsp3) is 0.353. The van der Waals surface area contributed by atoms with Crippen LogP contribution < -0.4 is 20.0 Å². The quantitative estimate of drug-likeness (QED) is 0.544. The van der Waals surface area contributed by atoms with E-state index in [0.717, 1.165) is 16.3 Å². The number of anilines is 2. The Hall–Kier alpha value is -2.85. The topological polar surface area (TPSA) is 80.9 Å². The zero-order valence-electron chi connectivity index (χ0n) is 13.8. The van der Waals surface area contributed by atoms with Gasteiger partial charge in [0.25, 0.3) is 5.91 Å². The van der Waals surface area contributed by atoms with Gasteiger partial charge >= 0.3 is 0 Å². The van der Waals surface area contributed by atoms with Crippen LogP contribution in [0.5, 0.6) is 0 Å². The monoisotopic (exact) mass is 326 g/mol. The summed E-state index contributed by atoms with van der Waals surface area (Å²) in [6.07, 6.45) is 0. The number of ketones is 1. The zero-order valence-corrected chi connectivity index (χ0v) is 13.8. The number of piperazine rings is 1. The number of Topliss-reactive ketones (excluding diaryl/α,β-unsaturated/α-hetero) is 1. The number of nitrogens with one attached hydrogen (secondary N) is 2. The van der Waals surface area contributed by atoms with Crippen LogP contribution in [0.3, 0.4) is 0 Å². The first-order valence-corrected chi connectivity index (χ1v) is 7.87. The molecule has 2 aliphatic rings. The molecule has 1 unspecified atom stereocenters. The highest BCUT2D eigenvalue weighted by Gasteiger charge is 2.33. The lowest BCUT2D eigenvalue weighted by Gasteiger charge is -2.24. The van der Waals surface area contributed by atoms with E-state index in [2.05, 4.69) is 11.4 Å². The maximum Gasteiger partial charge on any atom is 0.275 e. The van der Waals surface area contributed by atoms with Crippen molar-refractivity contribution in [2.45, 2.75) is 0 Å². The molecule has 0 aromatic heterocycles. The molecule has 3 rings (SSSR count). The predicted octanol–water partition coefficient (Wildman–Crippen LogP) is -1.11. The first kappa shape index (κ1) is 16.0. The first-order valence-electron chi connectivity index (χ1n) is 7.87. The third-order valence-corrected chi connectivity index (χ3v) is 4.48. The van der Waals surface area contributed by atoms with Crippen LogP contribution in [0, 0.1) is 11.3 Å². The van der Waals surface area contributed by atoms with E-state index in [1.807, 2.05) is 48.2 Å². The van der Waals surface area contributed by atoms with Crippen molar-refractivity contribution in [2.75, 3.05) is 50.1 Å². The molecular weight excluding hydrogens is 306 g/mol. The smallest absolute Gasteiger partial charge is 0.275 e. The van der Waals surface area contributed by atoms with Crippen molar-refractivity contribution in [1.82, 2.24) is 5.32 Å². The molecule has 1 amide bonds. The third kappa shape index (κ3) is 2.72. The lowest BCUT2D eigenvalue weighted by Crippen LogP contribution is -3.16. The van der Waals surface area contributed by atoms with Crippen LogP contribution in [-0.4, -0.2) is 52.0 Å². The molecule has 0 aliphatic carbocycles. The van der Waals surface area contributed by atoms with Crippen LogP contribution in [0.4, 0.5) is 11.4 Å². The summed E-state index contributed by atoms with van der Waals surface area (Å²) in [5.41, 5.74) is 2.05. The molecule has 7 nitrogen and oxygen atoms in total. The van der Waals surface area contributed by atoms with Crippen molar-refractivity contribution < 1.29 is 14.5 Å². The van der Waals surface area contributed by atoms with Crippen LogP contribution in [0.25, 0.3) is 0 Å². The number of rotatable bonds is 3. The van der Waals surface area contributed by atoms with E-state index < -0.39 is 0 Å². The number of carbonyl (C=O) groups excluding carboxylic acids is 2. The average Bonchev–Trinajstić information content (AvgIpc) is 2.81. The van der Waals surface area contributed by atoms with E-state index in [9.17, 15) is 14.9 Å². The fourth-order valence-electron chi connectivity index (χ4n) is 3.28. The Morgan fingerprint density at radius 1 is 1.29 bits per heavy atom. The number of amides is 1. The minimum atomic E-state index is -0.233. The van der Waals surface area contributed by atoms with Crippen LogP contribution in [-0.2, 0) is 9.59 Å². The van der Waals surface area contributed by atoms with Gasteiger partial charge in [0.1, 0.15) is 24.0 Å². The molecule has 2 heterocycles. The average molecular weight is 326 g/mol. The second kappa shape index (κ2) is 6.34. The Morgan fingerprint density at radius 3 is 2.46 bits per heavy atom. The van der Waals surface area contributed by atoms with Gasteiger partial charge in [0, 0.05) is 14.1 Å². The van der Waals surface area contributed by atoms with Crippen LogP contribution in [0.1, 0.15) is 0 Å². The van der Waals surface area contributed by atoms with Gasteiger partial charge in [-0.1, -0.05) is 12.1 Å². The maximum absolute atomic E-state index is 12.7. The first-order chi connectivity index (χ1) is 11.5. The van der Waals surface area contributed by atoms with Crippen molar-refractivity contribution in [2.24, 2.45) is 0 Å². The summed E-state index contributed by atoms with van der Waals surface area (Å²) in [6.45, 7) is 1.67. The molecule has 0 bridgehead atoms. The van der Waals surface area contributed by atoms with E-state index >= 15 is 0 Å². The van der Waals surface area contributed by atoms with E-state index in [-0.39, 0.29) is 30.4 Å². The number of fused-ring (bicyclic) bond motifs is 1. The molecule has 1 atom stereocenters. The van der Waals surface area contributed by atoms with Crippen LogP contribution >= 0.6 is 0 Å². The van der Waals surface area contributed by atoms with Gasteiger partial charge in [-0.15, -0.1) is 0 Å². The number of nitrogens with zero attached hydrogens (tertiary/aromatic N) is 3. The van der Waals surface area contributed by atoms with Gasteiger partial charge in [-0.2, -0.15) is 5.26 Å². The summed E-state index contributed by atoms with van der Waals surface area (Å²) >= 11 is 0. The minimum absolute atomic E-state index is 0.0577. The summed E-state index contributed by atoms with van der Waals surface area (Å²) in [7, 11) is 3.70. The molecule has 7 heteroatoms. The van der Waals surface area contributed by atoms with Crippen molar-refractivity contribution in [1.29, 1.82) is 5.26 Å². The predicted molar refractivity (Wildman–Crippen MR) is 89.5 cm³/mol. The standard InChI is InChI=1S/C17H19N5O2/c1-20-13-5-3-4-6-14(13)21(2)17(20)12(9-18)15(23)10-22-8-7-19-16(24)11-22/h3-6H,7-8,10-11H2,1-2H3,(H,19,24)/p+1. The molecule has 24 heavy (non-hydrogen) atoms. The zero-order chi connectivity index (χ0) is 17.3. The minimum Gasteiger partial charge on any atom is -0.346 e. The molecule has 0 radical (unpaired) electrons. The van der Waals surface area contributed by atoms with E-state index in [1.54, 1.807) is 0 Å². The Morgan fingerprint density at radius 2 is 1.92 bits per heavy atom. The van der Waals surface area contributed by atoms with Gasteiger partial charge in [0.05, 0.1) is 24.5 Å². The van der Waals surface area contributed by atoms with Gasteiger partial charge in [-0.3, -0.25) is 9.59 Å². The number of hydrogen-bond donors (Lipinski definition) is 2. The summed E-state index contributed by atoms with van der Waals surface area (Å²) in [4.78, 5) is 28.8. The number of hydrogen-bond acceptors (Lipinski definition) is 5. The van der Waals surface area contributed by atoms with Gasteiger partial charge in [-0.25, -0.2) is 0 Å². The largest absolute Gasteiger partial charge is 0.346 e. The highest BCUT2D eigenvalue weighted by Crippen LogP contribution is 2.40. The second-order valence-electron chi connectivity index (χ2n) is 6.04. The SMILES string of the molecule is CN1C(=C(C#N)C(=O)C[NH+]2CCNC(=O)C2)N(C)c2ccccc21. The molecule has 1 aromatic rings. The van der Waals surface area contributed by atoms with Gasteiger partial charge in [0.15, 0.2) is 6.54 Å². The molecule has 1 aromatic carbocycles. The molecule has 2 N–H and O–H groups in total. The number of quaternary nitrogens is 1. The van der Waals surface area contributed by atoms with Gasteiger partial charge in [0.2, 0.25) is 5.78 Å². The highest BCUT2D eigenvalue weighted by atomic mass is 16.2. The number of benzene rings is 1. The van der Waals surface area contributed by atoms with Crippen LogP contribution in [0.15, 0.2) is 35.7 Å². The summed E-state index contributed by atoms with van der Waals surface area (Å²) in [5.74, 6) is 0.297. The van der Waals surface area contributed by atoms with E-state index in [4.69, 9.17) is 0 Å². The summed E-state index contributed by atoms with van der Waals surface area (Å²) in [6, 6.07) is 9.84. The van der Waals surface area contributed by atoms with Crippen molar-refractivity contribution in [3.05, 3.63) is 35.7 Å². The maximum atomic E-state index is 12.7. The van der Waals surface area contributed by atoms with E-state index in [0.29, 0.717) is 18.9 Å². The lowest BCUT2D eigenvalue weighted by atomic mass is 10.1. The van der Waals surface area contributed by atoms with Crippen molar-refractivity contribution >= 4 is 23.1 Å². The number of carbonyl (C=O) groups is 2. The Balaban J connectivity index is 1.88. The fourth-order valence-corrected chi connectivity index (χ4v) is 3.28. The molecular formula is C17H20N5O2+. The third-order valence-electron chi connectivity index (χ3n) is 4.48. The van der Waals surface area contributed by atoms with Crippen LogP contribution in [0.2, 0.25) is 0 Å². The molecule has 2 aliphatic heterocycles. The molecule has 1 fully saturated rings. The lowest BCUT2D eigenvalue weighted by molar-refractivity contribution is -0.884. The highest BCUT2D eigenvalue weighted by molar-refractivity contribution is 6.03. The Bertz CT molecular complexity index is 733. The van der Waals surface area contributed by atoms with Gasteiger partial charge in [-0.05, 0) is 12.1 Å². The Labute approximate surface area is 140 Å². The second-order valence-corrected chi connectivity index (χ2v) is 6.04. The molecule has 0 saturated carbocycles. The van der Waals surface area contributed by atoms with Gasteiger partial charge < -0.3 is 20.0 Å². The van der Waals surface area contributed by atoms with Crippen molar-refractivity contribution in [3.8, 4) is 6.07 Å². The molecule has 1 saturated heterocycles. The van der Waals surface area contributed by atoms with E-state index in [1.165, 1.54) is 0 Å². The number of nitriles is 1. The van der Waals surface area contributed by atoms with Crippen molar-refractivity contribution in [3.63, 3.8) is 0 Å². The molecule has 124 valence electrons. The Kier molecular flexibility index (Phi) is 4.23. The summed E-state index contributed by atoms with van der Waals surface area (Å²) in [5, 5.41) is 12.3. The molecule has 0 spiro atoms.